The molecule has 17 heavy (non-hydrogen) atoms. The molecule has 0 aliphatic rings. The van der Waals surface area contributed by atoms with Gasteiger partial charge in [-0.25, -0.2) is 4.79 Å². The molecule has 1 amide bonds. The van der Waals surface area contributed by atoms with E-state index >= 15 is 0 Å². The van der Waals surface area contributed by atoms with E-state index in [0.717, 1.165) is 0 Å². The van der Waals surface area contributed by atoms with E-state index in [1.54, 1.807) is 18.2 Å². The number of benzene rings is 1. The van der Waals surface area contributed by atoms with Crippen LogP contribution in [-0.4, -0.2) is 16.4 Å². The van der Waals surface area contributed by atoms with Crippen molar-refractivity contribution in [2.75, 3.05) is 0 Å². The molecule has 2 N–H and O–H groups in total. The fraction of sp³-hybridized carbons (Fsp3) is 0.333. The third kappa shape index (κ3) is 2.55. The molecule has 0 fully saturated rings. The normalized spacial score (nSPS) is 11.7. The van der Waals surface area contributed by atoms with Gasteiger partial charge >= 0.3 is 5.76 Å². The van der Waals surface area contributed by atoms with E-state index in [0.29, 0.717) is 16.7 Å². The SMILES string of the molecule is CC(C)(C)NC(=O)c1ccc2[nH]c(=O)oc2c1. The first kappa shape index (κ1) is 11.4. The summed E-state index contributed by atoms with van der Waals surface area (Å²) < 4.78 is 4.90. The van der Waals surface area contributed by atoms with Crippen molar-refractivity contribution >= 4 is 17.0 Å². The largest absolute Gasteiger partial charge is 0.417 e. The highest BCUT2D eigenvalue weighted by Crippen LogP contribution is 2.13. The fourth-order valence-electron chi connectivity index (χ4n) is 1.50. The highest BCUT2D eigenvalue weighted by Gasteiger charge is 2.16. The summed E-state index contributed by atoms with van der Waals surface area (Å²) in [6.07, 6.45) is 0. The summed E-state index contributed by atoms with van der Waals surface area (Å²) in [6, 6.07) is 4.85. The second kappa shape index (κ2) is 3.76. The molecule has 0 unspecified atom stereocenters. The summed E-state index contributed by atoms with van der Waals surface area (Å²) in [6.45, 7) is 5.71. The number of fused-ring (bicyclic) bond motifs is 1. The van der Waals surface area contributed by atoms with Crippen molar-refractivity contribution in [3.8, 4) is 0 Å². The number of carbonyl (C=O) groups excluding carboxylic acids is 1. The highest BCUT2D eigenvalue weighted by molar-refractivity contribution is 5.97. The molecule has 0 atom stereocenters. The Balaban J connectivity index is 2.36. The molecule has 0 aliphatic heterocycles. The first-order chi connectivity index (χ1) is 7.85. The number of amides is 1. The van der Waals surface area contributed by atoms with Crippen LogP contribution >= 0.6 is 0 Å². The number of H-pyrrole nitrogens is 1. The molecule has 0 bridgehead atoms. The number of oxazole rings is 1. The average molecular weight is 234 g/mol. The number of hydrogen-bond acceptors (Lipinski definition) is 3. The van der Waals surface area contributed by atoms with E-state index in [2.05, 4.69) is 10.3 Å². The van der Waals surface area contributed by atoms with Gasteiger partial charge in [0.05, 0.1) is 5.52 Å². The van der Waals surface area contributed by atoms with Gasteiger partial charge in [-0.1, -0.05) is 0 Å². The van der Waals surface area contributed by atoms with Gasteiger partial charge in [-0.2, -0.15) is 0 Å². The zero-order valence-corrected chi connectivity index (χ0v) is 9.96. The van der Waals surface area contributed by atoms with E-state index in [4.69, 9.17) is 4.42 Å². The maximum Gasteiger partial charge on any atom is 0.417 e. The van der Waals surface area contributed by atoms with E-state index in [-0.39, 0.29) is 11.4 Å². The minimum atomic E-state index is -0.520. The van der Waals surface area contributed by atoms with E-state index in [1.807, 2.05) is 20.8 Å². The lowest BCUT2D eigenvalue weighted by Gasteiger charge is -2.20. The molecule has 0 radical (unpaired) electrons. The van der Waals surface area contributed by atoms with Gasteiger partial charge in [0.25, 0.3) is 5.91 Å². The second-order valence-electron chi connectivity index (χ2n) is 4.93. The smallest absolute Gasteiger partial charge is 0.408 e. The predicted octanol–water partition coefficient (Wildman–Crippen LogP) is 1.65. The molecule has 0 saturated heterocycles. The van der Waals surface area contributed by atoms with E-state index in [9.17, 15) is 9.59 Å². The summed E-state index contributed by atoms with van der Waals surface area (Å²) in [5.41, 5.74) is 1.14. The Labute approximate surface area is 97.8 Å². The molecule has 0 saturated carbocycles. The van der Waals surface area contributed by atoms with Crippen LogP contribution in [0.1, 0.15) is 31.1 Å². The van der Waals surface area contributed by atoms with Crippen LogP contribution in [-0.2, 0) is 0 Å². The van der Waals surface area contributed by atoms with Gasteiger partial charge in [0.1, 0.15) is 0 Å². The van der Waals surface area contributed by atoms with Crippen LogP contribution in [0.2, 0.25) is 0 Å². The number of carbonyl (C=O) groups is 1. The van der Waals surface area contributed by atoms with Crippen LogP contribution in [0.5, 0.6) is 0 Å². The third-order valence-electron chi connectivity index (χ3n) is 2.17. The average Bonchev–Trinajstić information content (AvgIpc) is 2.53. The molecule has 0 spiro atoms. The Morgan fingerprint density at radius 1 is 1.35 bits per heavy atom. The Morgan fingerprint density at radius 3 is 2.71 bits per heavy atom. The molecule has 5 heteroatoms. The molecule has 5 nitrogen and oxygen atoms in total. The summed E-state index contributed by atoms with van der Waals surface area (Å²) in [4.78, 5) is 25.4. The van der Waals surface area contributed by atoms with Gasteiger partial charge < -0.3 is 9.73 Å². The summed E-state index contributed by atoms with van der Waals surface area (Å²) in [7, 11) is 0. The van der Waals surface area contributed by atoms with Crippen LogP contribution in [0, 0.1) is 0 Å². The van der Waals surface area contributed by atoms with Gasteiger partial charge in [0, 0.05) is 11.1 Å². The van der Waals surface area contributed by atoms with Crippen LogP contribution in [0.3, 0.4) is 0 Å². The van der Waals surface area contributed by atoms with Crippen molar-refractivity contribution in [1.82, 2.24) is 10.3 Å². The van der Waals surface area contributed by atoms with E-state index in [1.165, 1.54) is 0 Å². The van der Waals surface area contributed by atoms with Crippen molar-refractivity contribution in [2.45, 2.75) is 26.3 Å². The summed E-state index contributed by atoms with van der Waals surface area (Å²) in [5, 5.41) is 2.84. The van der Waals surface area contributed by atoms with Crippen LogP contribution in [0.4, 0.5) is 0 Å². The van der Waals surface area contributed by atoms with Crippen molar-refractivity contribution in [1.29, 1.82) is 0 Å². The van der Waals surface area contributed by atoms with E-state index < -0.39 is 5.76 Å². The zero-order chi connectivity index (χ0) is 12.6. The Hall–Kier alpha value is -2.04. The Kier molecular flexibility index (Phi) is 2.53. The van der Waals surface area contributed by atoms with Gasteiger partial charge in [0.2, 0.25) is 0 Å². The number of rotatable bonds is 1. The van der Waals surface area contributed by atoms with Crippen molar-refractivity contribution in [3.05, 3.63) is 34.3 Å². The maximum atomic E-state index is 11.9. The van der Waals surface area contributed by atoms with Crippen molar-refractivity contribution < 1.29 is 9.21 Å². The van der Waals surface area contributed by atoms with Gasteiger partial charge in [-0.15, -0.1) is 0 Å². The Bertz CT molecular complexity index is 616. The highest BCUT2D eigenvalue weighted by atomic mass is 16.4. The molecule has 1 aromatic carbocycles. The van der Waals surface area contributed by atoms with Crippen LogP contribution in [0.15, 0.2) is 27.4 Å². The minimum Gasteiger partial charge on any atom is -0.408 e. The lowest BCUT2D eigenvalue weighted by atomic mass is 10.1. The minimum absolute atomic E-state index is 0.191. The second-order valence-corrected chi connectivity index (χ2v) is 4.93. The molecule has 2 rings (SSSR count). The number of nitrogens with one attached hydrogen (secondary N) is 2. The summed E-state index contributed by atoms with van der Waals surface area (Å²) in [5.74, 6) is -0.711. The van der Waals surface area contributed by atoms with Gasteiger partial charge in [0.15, 0.2) is 5.58 Å². The topological polar surface area (TPSA) is 75.1 Å². The molecule has 90 valence electrons. The van der Waals surface area contributed by atoms with Crippen molar-refractivity contribution in [2.24, 2.45) is 0 Å². The number of aromatic amines is 1. The molecule has 1 heterocycles. The van der Waals surface area contributed by atoms with Gasteiger partial charge in [-0.3, -0.25) is 9.78 Å². The molecular formula is C12H14N2O3. The monoisotopic (exact) mass is 234 g/mol. The third-order valence-corrected chi connectivity index (χ3v) is 2.17. The molecular weight excluding hydrogens is 220 g/mol. The summed E-state index contributed by atoms with van der Waals surface area (Å²) >= 11 is 0. The maximum absolute atomic E-state index is 11.9. The zero-order valence-electron chi connectivity index (χ0n) is 9.96. The molecule has 1 aromatic heterocycles. The number of aromatic nitrogens is 1. The number of hydrogen-bond donors (Lipinski definition) is 2. The lowest BCUT2D eigenvalue weighted by molar-refractivity contribution is 0.0919. The van der Waals surface area contributed by atoms with Gasteiger partial charge in [-0.05, 0) is 39.0 Å². The van der Waals surface area contributed by atoms with Crippen LogP contribution in [0.25, 0.3) is 11.1 Å². The standard InChI is InChI=1S/C12H14N2O3/c1-12(2,3)14-10(15)7-4-5-8-9(6-7)17-11(16)13-8/h4-6H,1-3H3,(H,13,16)(H,14,15). The first-order valence-corrected chi connectivity index (χ1v) is 5.30. The Morgan fingerprint density at radius 2 is 2.06 bits per heavy atom. The van der Waals surface area contributed by atoms with Crippen LogP contribution < -0.4 is 11.1 Å². The lowest BCUT2D eigenvalue weighted by Crippen LogP contribution is -2.40. The van der Waals surface area contributed by atoms with Crippen molar-refractivity contribution in [3.63, 3.8) is 0 Å². The predicted molar refractivity (Wildman–Crippen MR) is 64.1 cm³/mol. The fourth-order valence-corrected chi connectivity index (χ4v) is 1.50. The molecule has 2 aromatic rings. The quantitative estimate of drug-likeness (QED) is 0.787. The first-order valence-electron chi connectivity index (χ1n) is 5.30. The molecule has 0 aliphatic carbocycles.